The molecule has 0 saturated carbocycles. The number of carbonyl (C=O) groups is 1. The molecule has 0 heterocycles. The van der Waals surface area contributed by atoms with Crippen LogP contribution in [0.1, 0.15) is 25.0 Å². The van der Waals surface area contributed by atoms with Crippen LogP contribution in [0.2, 0.25) is 0 Å². The first-order valence-electron chi connectivity index (χ1n) is 5.94. The molecule has 1 aromatic rings. The highest BCUT2D eigenvalue weighted by Crippen LogP contribution is 2.13. The predicted molar refractivity (Wildman–Crippen MR) is 71.0 cm³/mol. The highest BCUT2D eigenvalue weighted by atomic mass is 16.2. The van der Waals surface area contributed by atoms with Crippen LogP contribution in [-0.2, 0) is 11.2 Å². The van der Waals surface area contributed by atoms with Gasteiger partial charge in [0.05, 0.1) is 6.54 Å². The van der Waals surface area contributed by atoms with Crippen LogP contribution in [-0.4, -0.2) is 25.0 Å². The Bertz CT molecular complexity index is 386. The monoisotopic (exact) mass is 234 g/mol. The molecule has 1 rings (SSSR count). The van der Waals surface area contributed by atoms with E-state index >= 15 is 0 Å². The molecule has 2 N–H and O–H groups in total. The average molecular weight is 234 g/mol. The summed E-state index contributed by atoms with van der Waals surface area (Å²) in [6.45, 7) is 6.53. The van der Waals surface area contributed by atoms with Gasteiger partial charge in [0.15, 0.2) is 0 Å². The first-order chi connectivity index (χ1) is 7.93. The zero-order valence-electron chi connectivity index (χ0n) is 11.1. The van der Waals surface area contributed by atoms with Crippen molar-refractivity contribution < 1.29 is 4.79 Å². The number of nitrogens with one attached hydrogen (secondary N) is 2. The number of amides is 1. The molecule has 0 aliphatic rings. The van der Waals surface area contributed by atoms with Crippen LogP contribution in [0.25, 0.3) is 0 Å². The van der Waals surface area contributed by atoms with Crippen LogP contribution >= 0.6 is 0 Å². The van der Waals surface area contributed by atoms with E-state index in [2.05, 4.69) is 41.8 Å². The summed E-state index contributed by atoms with van der Waals surface area (Å²) in [6.07, 6.45) is 0.837. The van der Waals surface area contributed by atoms with Gasteiger partial charge in [0.1, 0.15) is 0 Å². The van der Waals surface area contributed by atoms with E-state index in [1.54, 1.807) is 7.05 Å². The van der Waals surface area contributed by atoms with Crippen molar-refractivity contribution in [3.63, 3.8) is 0 Å². The Morgan fingerprint density at radius 2 is 2.06 bits per heavy atom. The number of likely N-dealkylation sites (N-methyl/N-ethyl adjacent to an activating group) is 1. The van der Waals surface area contributed by atoms with Gasteiger partial charge in [-0.3, -0.25) is 4.79 Å². The minimum atomic E-state index is -0.221. The Hall–Kier alpha value is -1.35. The maximum atomic E-state index is 11.5. The molecule has 0 aliphatic heterocycles. The van der Waals surface area contributed by atoms with Gasteiger partial charge in [-0.15, -0.1) is 0 Å². The van der Waals surface area contributed by atoms with E-state index in [4.69, 9.17) is 0 Å². The largest absolute Gasteiger partial charge is 0.350 e. The highest BCUT2D eigenvalue weighted by molar-refractivity contribution is 5.78. The van der Waals surface area contributed by atoms with Gasteiger partial charge < -0.3 is 10.6 Å². The molecule has 3 heteroatoms. The lowest BCUT2D eigenvalue weighted by atomic mass is 9.94. The molecule has 0 unspecified atom stereocenters. The predicted octanol–water partition coefficient (Wildman–Crippen LogP) is 1.65. The number of benzene rings is 1. The molecule has 3 nitrogen and oxygen atoms in total. The van der Waals surface area contributed by atoms with Gasteiger partial charge >= 0.3 is 0 Å². The molecule has 17 heavy (non-hydrogen) atoms. The zero-order chi connectivity index (χ0) is 12.9. The van der Waals surface area contributed by atoms with Gasteiger partial charge in [0.2, 0.25) is 5.91 Å². The molecular formula is C14H22N2O. The second kappa shape index (κ2) is 5.82. The van der Waals surface area contributed by atoms with Crippen LogP contribution < -0.4 is 10.6 Å². The molecule has 0 fully saturated rings. The van der Waals surface area contributed by atoms with E-state index in [-0.39, 0.29) is 11.4 Å². The standard InChI is InChI=1S/C14H22N2O/c1-11-6-5-7-12(8-11)9-14(2,3)16-13(17)10-15-4/h5-8,15H,9-10H2,1-4H3,(H,16,17). The van der Waals surface area contributed by atoms with Gasteiger partial charge in [-0.05, 0) is 39.8 Å². The lowest BCUT2D eigenvalue weighted by molar-refractivity contribution is -0.121. The van der Waals surface area contributed by atoms with Crippen LogP contribution in [0.3, 0.4) is 0 Å². The first kappa shape index (κ1) is 13.7. The fourth-order valence-electron chi connectivity index (χ4n) is 1.96. The lowest BCUT2D eigenvalue weighted by Crippen LogP contribution is -2.47. The molecule has 94 valence electrons. The highest BCUT2D eigenvalue weighted by Gasteiger charge is 2.20. The van der Waals surface area contributed by atoms with Crippen molar-refractivity contribution in [3.8, 4) is 0 Å². The van der Waals surface area contributed by atoms with Crippen molar-refractivity contribution in [2.24, 2.45) is 0 Å². The van der Waals surface area contributed by atoms with Crippen molar-refractivity contribution >= 4 is 5.91 Å². The average Bonchev–Trinajstić information content (AvgIpc) is 2.15. The number of hydrogen-bond acceptors (Lipinski definition) is 2. The third-order valence-corrected chi connectivity index (χ3v) is 2.54. The third kappa shape index (κ3) is 5.00. The lowest BCUT2D eigenvalue weighted by Gasteiger charge is -2.26. The Labute approximate surface area is 104 Å². The Morgan fingerprint density at radius 1 is 1.35 bits per heavy atom. The normalized spacial score (nSPS) is 11.3. The summed E-state index contributed by atoms with van der Waals surface area (Å²) in [5.41, 5.74) is 2.28. The maximum absolute atomic E-state index is 11.5. The van der Waals surface area contributed by atoms with Crippen LogP contribution in [0.5, 0.6) is 0 Å². The molecule has 0 spiro atoms. The Kier molecular flexibility index (Phi) is 4.70. The van der Waals surface area contributed by atoms with Gasteiger partial charge in [0, 0.05) is 5.54 Å². The van der Waals surface area contributed by atoms with Gasteiger partial charge in [-0.25, -0.2) is 0 Å². The minimum Gasteiger partial charge on any atom is -0.350 e. The van der Waals surface area contributed by atoms with Crippen LogP contribution in [0.4, 0.5) is 0 Å². The molecular weight excluding hydrogens is 212 g/mol. The van der Waals surface area contributed by atoms with Gasteiger partial charge in [0.25, 0.3) is 0 Å². The summed E-state index contributed by atoms with van der Waals surface area (Å²) in [4.78, 5) is 11.5. The second-order valence-corrected chi connectivity index (χ2v) is 5.13. The summed E-state index contributed by atoms with van der Waals surface area (Å²) in [7, 11) is 1.77. The van der Waals surface area contributed by atoms with E-state index < -0.39 is 0 Å². The number of carbonyl (C=O) groups excluding carboxylic acids is 1. The van der Waals surface area contributed by atoms with E-state index in [0.29, 0.717) is 6.54 Å². The van der Waals surface area contributed by atoms with E-state index in [1.165, 1.54) is 11.1 Å². The molecule has 0 aliphatic carbocycles. The van der Waals surface area contributed by atoms with E-state index in [9.17, 15) is 4.79 Å². The summed E-state index contributed by atoms with van der Waals surface area (Å²) in [5, 5.41) is 5.87. The zero-order valence-corrected chi connectivity index (χ0v) is 11.1. The number of aryl methyl sites for hydroxylation is 1. The van der Waals surface area contributed by atoms with Crippen LogP contribution in [0, 0.1) is 6.92 Å². The van der Waals surface area contributed by atoms with Crippen molar-refractivity contribution in [3.05, 3.63) is 35.4 Å². The fraction of sp³-hybridized carbons (Fsp3) is 0.500. The summed E-state index contributed by atoms with van der Waals surface area (Å²) in [6, 6.07) is 8.39. The minimum absolute atomic E-state index is 0.0325. The van der Waals surface area contributed by atoms with Gasteiger partial charge in [-0.2, -0.15) is 0 Å². The van der Waals surface area contributed by atoms with Crippen molar-refractivity contribution in [2.75, 3.05) is 13.6 Å². The Balaban J connectivity index is 2.62. The molecule has 1 amide bonds. The van der Waals surface area contributed by atoms with Crippen molar-refractivity contribution in [1.29, 1.82) is 0 Å². The molecule has 0 saturated heterocycles. The van der Waals surface area contributed by atoms with Gasteiger partial charge in [-0.1, -0.05) is 29.8 Å². The van der Waals surface area contributed by atoms with Crippen molar-refractivity contribution in [1.82, 2.24) is 10.6 Å². The first-order valence-corrected chi connectivity index (χ1v) is 5.94. The van der Waals surface area contributed by atoms with Crippen molar-refractivity contribution in [2.45, 2.75) is 32.7 Å². The molecule has 0 radical (unpaired) electrons. The third-order valence-electron chi connectivity index (χ3n) is 2.54. The molecule has 1 aromatic carbocycles. The summed E-state index contributed by atoms with van der Waals surface area (Å²) < 4.78 is 0. The van der Waals surface area contributed by atoms with E-state index in [1.807, 2.05) is 13.8 Å². The molecule has 0 aromatic heterocycles. The fourth-order valence-corrected chi connectivity index (χ4v) is 1.96. The second-order valence-electron chi connectivity index (χ2n) is 5.13. The quantitative estimate of drug-likeness (QED) is 0.813. The number of rotatable bonds is 5. The van der Waals surface area contributed by atoms with E-state index in [0.717, 1.165) is 6.42 Å². The Morgan fingerprint density at radius 3 is 2.65 bits per heavy atom. The summed E-state index contributed by atoms with van der Waals surface area (Å²) >= 11 is 0. The van der Waals surface area contributed by atoms with Crippen LogP contribution in [0.15, 0.2) is 24.3 Å². The number of hydrogen-bond donors (Lipinski definition) is 2. The molecule has 0 atom stereocenters. The smallest absolute Gasteiger partial charge is 0.234 e. The topological polar surface area (TPSA) is 41.1 Å². The molecule has 0 bridgehead atoms. The maximum Gasteiger partial charge on any atom is 0.234 e. The summed E-state index contributed by atoms with van der Waals surface area (Å²) in [5.74, 6) is 0.0325. The SMILES string of the molecule is CNCC(=O)NC(C)(C)Cc1cccc(C)c1.